The summed E-state index contributed by atoms with van der Waals surface area (Å²) in [7, 11) is 1.83. The van der Waals surface area contributed by atoms with Crippen LogP contribution >= 0.6 is 0 Å². The number of anilines is 1. The van der Waals surface area contributed by atoms with Crippen molar-refractivity contribution in [3.8, 4) is 0 Å². The van der Waals surface area contributed by atoms with Crippen molar-refractivity contribution in [2.45, 2.75) is 0 Å². The average molecular weight is 179 g/mol. The van der Waals surface area contributed by atoms with E-state index in [1.54, 1.807) is 16.8 Å². The number of amides is 1. The first-order chi connectivity index (χ1) is 6.27. The number of nitrogens with one attached hydrogen (secondary N) is 1. The third-order valence-corrected chi connectivity index (χ3v) is 1.30. The number of imidazole rings is 1. The zero-order valence-electron chi connectivity index (χ0n) is 7.66. The molecule has 1 rings (SSSR count). The van der Waals surface area contributed by atoms with Crippen molar-refractivity contribution < 1.29 is 4.79 Å². The molecule has 0 bridgehead atoms. The van der Waals surface area contributed by atoms with Gasteiger partial charge in [0, 0.05) is 13.2 Å². The fraction of sp³-hybridized carbons (Fsp3) is 0.111. The van der Waals surface area contributed by atoms with E-state index in [4.69, 9.17) is 0 Å². The van der Waals surface area contributed by atoms with Gasteiger partial charge in [0.15, 0.2) is 5.82 Å². The molecule has 0 radical (unpaired) electrons. The highest BCUT2D eigenvalue weighted by Gasteiger charge is 1.98. The second-order valence-corrected chi connectivity index (χ2v) is 2.06. The highest BCUT2D eigenvalue weighted by Crippen LogP contribution is 2.05. The smallest absolute Gasteiger partial charge is 0.212 e. The van der Waals surface area contributed by atoms with Gasteiger partial charge < -0.3 is 9.88 Å². The van der Waals surface area contributed by atoms with E-state index >= 15 is 0 Å². The van der Waals surface area contributed by atoms with Crippen LogP contribution in [0.4, 0.5) is 5.82 Å². The van der Waals surface area contributed by atoms with Crippen molar-refractivity contribution in [2.24, 2.45) is 7.05 Å². The molecule has 1 aromatic heterocycles. The van der Waals surface area contributed by atoms with Crippen LogP contribution in [0.3, 0.4) is 0 Å². The third kappa shape index (κ3) is 2.94. The monoisotopic (exact) mass is 179 g/mol. The highest BCUT2D eigenvalue weighted by molar-refractivity contribution is 5.68. The lowest BCUT2D eigenvalue weighted by atomic mass is 10.6. The maximum Gasteiger partial charge on any atom is 0.212 e. The van der Waals surface area contributed by atoms with Crippen molar-refractivity contribution in [3.05, 3.63) is 31.8 Å². The van der Waals surface area contributed by atoms with E-state index in [2.05, 4.69) is 30.0 Å². The Hall–Kier alpha value is -1.84. The van der Waals surface area contributed by atoms with E-state index in [-0.39, 0.29) is 0 Å². The Morgan fingerprint density at radius 2 is 2.23 bits per heavy atom. The SMILES string of the molecule is C=C.C=Cc1nc(NC=O)cn1C. The molecule has 0 fully saturated rings. The zero-order valence-corrected chi connectivity index (χ0v) is 7.66. The van der Waals surface area contributed by atoms with Crippen LogP contribution in [0.1, 0.15) is 5.82 Å². The van der Waals surface area contributed by atoms with Crippen LogP contribution in [0.5, 0.6) is 0 Å². The molecule has 1 amide bonds. The van der Waals surface area contributed by atoms with Gasteiger partial charge in [-0.1, -0.05) is 6.58 Å². The van der Waals surface area contributed by atoms with Gasteiger partial charge in [-0.05, 0) is 6.08 Å². The first kappa shape index (κ1) is 11.2. The Kier molecular flexibility index (Phi) is 4.95. The highest BCUT2D eigenvalue weighted by atomic mass is 16.1. The number of nitrogens with zero attached hydrogens (tertiary/aromatic N) is 2. The van der Waals surface area contributed by atoms with E-state index < -0.39 is 0 Å². The first-order valence-corrected chi connectivity index (χ1v) is 3.64. The average Bonchev–Trinajstić information content (AvgIpc) is 2.50. The van der Waals surface area contributed by atoms with Gasteiger partial charge >= 0.3 is 0 Å². The first-order valence-electron chi connectivity index (χ1n) is 3.64. The molecule has 0 aromatic carbocycles. The van der Waals surface area contributed by atoms with Gasteiger partial charge in [-0.3, -0.25) is 4.79 Å². The van der Waals surface area contributed by atoms with E-state index in [1.807, 2.05) is 7.05 Å². The Morgan fingerprint density at radius 1 is 1.62 bits per heavy atom. The molecule has 0 spiro atoms. The summed E-state index contributed by atoms with van der Waals surface area (Å²) in [5, 5.41) is 2.44. The fourth-order valence-electron chi connectivity index (χ4n) is 0.800. The zero-order chi connectivity index (χ0) is 10.3. The van der Waals surface area contributed by atoms with E-state index in [1.165, 1.54) is 0 Å². The fourth-order valence-corrected chi connectivity index (χ4v) is 0.800. The molecule has 0 unspecified atom stereocenters. The molecule has 0 aliphatic carbocycles. The Bertz CT molecular complexity index is 291. The molecule has 4 heteroatoms. The second kappa shape index (κ2) is 5.77. The lowest BCUT2D eigenvalue weighted by Crippen LogP contribution is -1.92. The summed E-state index contributed by atoms with van der Waals surface area (Å²) in [5.74, 6) is 1.27. The number of hydrogen-bond donors (Lipinski definition) is 1. The van der Waals surface area contributed by atoms with Crippen LogP contribution in [0.25, 0.3) is 6.08 Å². The van der Waals surface area contributed by atoms with Gasteiger partial charge in [0.1, 0.15) is 5.82 Å². The summed E-state index contributed by atoms with van der Waals surface area (Å²) in [6.07, 6.45) is 3.93. The van der Waals surface area contributed by atoms with Crippen LogP contribution in [0.2, 0.25) is 0 Å². The summed E-state index contributed by atoms with van der Waals surface area (Å²) >= 11 is 0. The van der Waals surface area contributed by atoms with Gasteiger partial charge in [-0.2, -0.15) is 0 Å². The van der Waals surface area contributed by atoms with Gasteiger partial charge in [-0.15, -0.1) is 13.2 Å². The summed E-state index contributed by atoms with van der Waals surface area (Å²) in [4.78, 5) is 14.0. The lowest BCUT2D eigenvalue weighted by Gasteiger charge is -1.88. The molecule has 1 heterocycles. The van der Waals surface area contributed by atoms with Crippen molar-refractivity contribution in [2.75, 3.05) is 5.32 Å². The molecular weight excluding hydrogens is 166 g/mol. The normalized spacial score (nSPS) is 8.08. The third-order valence-electron chi connectivity index (χ3n) is 1.30. The van der Waals surface area contributed by atoms with Crippen molar-refractivity contribution >= 4 is 18.3 Å². The Morgan fingerprint density at radius 3 is 2.62 bits per heavy atom. The minimum atomic E-state index is 0.539. The van der Waals surface area contributed by atoms with Crippen LogP contribution in [-0.2, 0) is 11.8 Å². The van der Waals surface area contributed by atoms with Crippen molar-refractivity contribution in [3.63, 3.8) is 0 Å². The molecule has 1 N–H and O–H groups in total. The molecule has 0 aliphatic heterocycles. The number of carbonyl (C=O) groups is 1. The molecule has 0 saturated heterocycles. The quantitative estimate of drug-likeness (QED) is 0.563. The van der Waals surface area contributed by atoms with Crippen LogP contribution in [0.15, 0.2) is 25.9 Å². The van der Waals surface area contributed by atoms with Crippen LogP contribution < -0.4 is 5.32 Å². The molecule has 70 valence electrons. The largest absolute Gasteiger partial charge is 0.332 e. The predicted octanol–water partition coefficient (Wildman–Crippen LogP) is 1.43. The van der Waals surface area contributed by atoms with Crippen molar-refractivity contribution in [1.29, 1.82) is 0 Å². The Labute approximate surface area is 77.6 Å². The van der Waals surface area contributed by atoms with Crippen molar-refractivity contribution in [1.82, 2.24) is 9.55 Å². The second-order valence-electron chi connectivity index (χ2n) is 2.06. The molecule has 0 saturated carbocycles. The minimum Gasteiger partial charge on any atom is -0.332 e. The van der Waals surface area contributed by atoms with Gasteiger partial charge in [0.2, 0.25) is 6.41 Å². The molecule has 4 nitrogen and oxygen atoms in total. The van der Waals surface area contributed by atoms with Gasteiger partial charge in [0.05, 0.1) is 0 Å². The van der Waals surface area contributed by atoms with E-state index in [0.717, 1.165) is 5.82 Å². The van der Waals surface area contributed by atoms with E-state index in [0.29, 0.717) is 12.2 Å². The summed E-state index contributed by atoms with van der Waals surface area (Å²) in [6, 6.07) is 0. The molecule has 13 heavy (non-hydrogen) atoms. The summed E-state index contributed by atoms with van der Waals surface area (Å²) in [6.45, 7) is 9.57. The summed E-state index contributed by atoms with van der Waals surface area (Å²) < 4.78 is 1.78. The van der Waals surface area contributed by atoms with Gasteiger partial charge in [0.25, 0.3) is 0 Å². The number of aromatic nitrogens is 2. The molecule has 0 aliphatic rings. The Balaban J connectivity index is 0.000000671. The van der Waals surface area contributed by atoms with Crippen LogP contribution in [-0.4, -0.2) is 16.0 Å². The number of aryl methyl sites for hydroxylation is 1. The summed E-state index contributed by atoms with van der Waals surface area (Å²) in [5.41, 5.74) is 0. The number of hydrogen-bond acceptors (Lipinski definition) is 2. The number of rotatable bonds is 3. The predicted molar refractivity (Wildman–Crippen MR) is 54.2 cm³/mol. The van der Waals surface area contributed by atoms with E-state index in [9.17, 15) is 4.79 Å². The maximum atomic E-state index is 10.00. The lowest BCUT2D eigenvalue weighted by molar-refractivity contribution is -0.105. The minimum absolute atomic E-state index is 0.539. The molecular formula is C9H13N3O. The topological polar surface area (TPSA) is 46.9 Å². The van der Waals surface area contributed by atoms with Crippen LogP contribution in [0, 0.1) is 0 Å². The number of carbonyl (C=O) groups excluding carboxylic acids is 1. The van der Waals surface area contributed by atoms with Gasteiger partial charge in [-0.25, -0.2) is 4.98 Å². The maximum absolute atomic E-state index is 10.00. The molecule has 0 atom stereocenters. The molecule has 1 aromatic rings. The standard InChI is InChI=1S/C7H9N3O.C2H4/c1-3-7-9-6(8-5-11)4-10(7)2;1-2/h3-5H,1H2,2H3,(H,8,11);1-2H2.